The van der Waals surface area contributed by atoms with Crippen molar-refractivity contribution in [2.24, 2.45) is 0 Å². The van der Waals surface area contributed by atoms with Crippen molar-refractivity contribution in [2.45, 2.75) is 12.5 Å². The molecule has 1 amide bonds. The summed E-state index contributed by atoms with van der Waals surface area (Å²) in [6, 6.07) is 0.578. The number of likely N-dealkylation sites (tertiary alicyclic amines) is 1. The monoisotopic (exact) mass is 184 g/mol. The van der Waals surface area contributed by atoms with Crippen molar-refractivity contribution in [1.82, 2.24) is 9.80 Å². The first kappa shape index (κ1) is 8.97. The molecule has 4 heteroatoms. The first-order valence-corrected chi connectivity index (χ1v) is 4.91. The van der Waals surface area contributed by atoms with Gasteiger partial charge in [-0.3, -0.25) is 9.69 Å². The zero-order valence-electron chi connectivity index (χ0n) is 7.82. The molecule has 0 spiro atoms. The van der Waals surface area contributed by atoms with Gasteiger partial charge in [-0.2, -0.15) is 0 Å². The summed E-state index contributed by atoms with van der Waals surface area (Å²) in [4.78, 5) is 14.8. The number of hydrogen-bond acceptors (Lipinski definition) is 3. The molecular weight excluding hydrogens is 168 g/mol. The molecule has 1 unspecified atom stereocenters. The van der Waals surface area contributed by atoms with E-state index in [-0.39, 0.29) is 0 Å². The van der Waals surface area contributed by atoms with Gasteiger partial charge in [0.1, 0.15) is 0 Å². The standard InChI is InChI=1S/C9H16N2O2/c12-8-10-2-1-9(7-10)11-3-5-13-6-4-11/h8-9H,1-7H2. The molecule has 0 saturated carbocycles. The van der Waals surface area contributed by atoms with Crippen LogP contribution in [-0.4, -0.2) is 61.6 Å². The molecule has 0 N–H and O–H groups in total. The Morgan fingerprint density at radius 2 is 2.00 bits per heavy atom. The van der Waals surface area contributed by atoms with Crippen molar-refractivity contribution in [3.8, 4) is 0 Å². The third kappa shape index (κ3) is 2.00. The van der Waals surface area contributed by atoms with Crippen LogP contribution in [0.1, 0.15) is 6.42 Å². The molecule has 2 heterocycles. The van der Waals surface area contributed by atoms with Gasteiger partial charge in [-0.05, 0) is 6.42 Å². The summed E-state index contributed by atoms with van der Waals surface area (Å²) >= 11 is 0. The summed E-state index contributed by atoms with van der Waals surface area (Å²) < 4.78 is 5.29. The van der Waals surface area contributed by atoms with Crippen LogP contribution in [-0.2, 0) is 9.53 Å². The number of ether oxygens (including phenoxy) is 1. The molecule has 74 valence electrons. The maximum atomic E-state index is 10.5. The number of nitrogens with zero attached hydrogens (tertiary/aromatic N) is 2. The van der Waals surface area contributed by atoms with E-state index >= 15 is 0 Å². The second-order valence-electron chi connectivity index (χ2n) is 3.69. The number of carbonyl (C=O) groups is 1. The molecule has 4 nitrogen and oxygen atoms in total. The maximum Gasteiger partial charge on any atom is 0.209 e. The molecule has 0 radical (unpaired) electrons. The van der Waals surface area contributed by atoms with Crippen molar-refractivity contribution in [1.29, 1.82) is 0 Å². The third-order valence-corrected chi connectivity index (χ3v) is 2.91. The van der Waals surface area contributed by atoms with Gasteiger partial charge in [-0.15, -0.1) is 0 Å². The SMILES string of the molecule is O=CN1CCC(N2CCOCC2)C1. The Labute approximate surface area is 78.4 Å². The lowest BCUT2D eigenvalue weighted by molar-refractivity contribution is -0.117. The minimum atomic E-state index is 0.578. The Hall–Kier alpha value is -0.610. The van der Waals surface area contributed by atoms with Crippen LogP contribution in [0.25, 0.3) is 0 Å². The summed E-state index contributed by atoms with van der Waals surface area (Å²) in [5, 5.41) is 0. The van der Waals surface area contributed by atoms with E-state index in [2.05, 4.69) is 4.90 Å². The third-order valence-electron chi connectivity index (χ3n) is 2.91. The van der Waals surface area contributed by atoms with Gasteiger partial charge in [0.25, 0.3) is 0 Å². The summed E-state index contributed by atoms with van der Waals surface area (Å²) in [6.45, 7) is 5.57. The molecule has 13 heavy (non-hydrogen) atoms. The molecule has 0 aliphatic carbocycles. The summed E-state index contributed by atoms with van der Waals surface area (Å²) in [5.74, 6) is 0. The van der Waals surface area contributed by atoms with Crippen molar-refractivity contribution in [3.05, 3.63) is 0 Å². The molecule has 1 atom stereocenters. The second-order valence-corrected chi connectivity index (χ2v) is 3.69. The predicted molar refractivity (Wildman–Crippen MR) is 48.4 cm³/mol. The Morgan fingerprint density at radius 1 is 1.23 bits per heavy atom. The molecule has 0 bridgehead atoms. The lowest BCUT2D eigenvalue weighted by atomic mass is 10.2. The van der Waals surface area contributed by atoms with Gasteiger partial charge >= 0.3 is 0 Å². The van der Waals surface area contributed by atoms with E-state index in [1.54, 1.807) is 0 Å². The topological polar surface area (TPSA) is 32.8 Å². The van der Waals surface area contributed by atoms with Crippen LogP contribution in [0.3, 0.4) is 0 Å². The van der Waals surface area contributed by atoms with E-state index in [1.165, 1.54) is 0 Å². The molecule has 0 aromatic heterocycles. The average Bonchev–Trinajstić information content (AvgIpc) is 2.67. The quantitative estimate of drug-likeness (QED) is 0.545. The first-order chi connectivity index (χ1) is 6.40. The molecular formula is C9H16N2O2. The van der Waals surface area contributed by atoms with Crippen LogP contribution in [0.15, 0.2) is 0 Å². The number of hydrogen-bond donors (Lipinski definition) is 0. The Kier molecular flexibility index (Phi) is 2.80. The van der Waals surface area contributed by atoms with E-state index in [9.17, 15) is 4.79 Å². The van der Waals surface area contributed by atoms with Gasteiger partial charge in [-0.25, -0.2) is 0 Å². The van der Waals surface area contributed by atoms with E-state index in [1.807, 2.05) is 4.90 Å². The maximum absolute atomic E-state index is 10.5. The van der Waals surface area contributed by atoms with Crippen LogP contribution >= 0.6 is 0 Å². The van der Waals surface area contributed by atoms with Crippen LogP contribution < -0.4 is 0 Å². The van der Waals surface area contributed by atoms with Crippen LogP contribution in [0.2, 0.25) is 0 Å². The fourth-order valence-electron chi connectivity index (χ4n) is 2.10. The average molecular weight is 184 g/mol. The number of amides is 1. The van der Waals surface area contributed by atoms with Gasteiger partial charge in [0.15, 0.2) is 0 Å². The lowest BCUT2D eigenvalue weighted by Crippen LogP contribution is -2.44. The molecule has 2 aliphatic heterocycles. The lowest BCUT2D eigenvalue weighted by Gasteiger charge is -2.31. The van der Waals surface area contributed by atoms with Crippen LogP contribution in [0, 0.1) is 0 Å². The molecule has 2 saturated heterocycles. The highest BCUT2D eigenvalue weighted by molar-refractivity contribution is 5.47. The molecule has 2 rings (SSSR count). The Balaban J connectivity index is 1.83. The Morgan fingerprint density at radius 3 is 2.62 bits per heavy atom. The fourth-order valence-corrected chi connectivity index (χ4v) is 2.10. The van der Waals surface area contributed by atoms with E-state index in [0.29, 0.717) is 6.04 Å². The summed E-state index contributed by atoms with van der Waals surface area (Å²) in [7, 11) is 0. The van der Waals surface area contributed by atoms with E-state index in [0.717, 1.165) is 52.2 Å². The summed E-state index contributed by atoms with van der Waals surface area (Å²) in [5.41, 5.74) is 0. The van der Waals surface area contributed by atoms with Gasteiger partial charge < -0.3 is 9.64 Å². The second kappa shape index (κ2) is 4.07. The first-order valence-electron chi connectivity index (χ1n) is 4.91. The van der Waals surface area contributed by atoms with Crippen LogP contribution in [0.5, 0.6) is 0 Å². The minimum Gasteiger partial charge on any atom is -0.379 e. The smallest absolute Gasteiger partial charge is 0.209 e. The normalized spacial score (nSPS) is 30.8. The highest BCUT2D eigenvalue weighted by Gasteiger charge is 2.27. The minimum absolute atomic E-state index is 0.578. The highest BCUT2D eigenvalue weighted by atomic mass is 16.5. The predicted octanol–water partition coefficient (Wildman–Crippen LogP) is -0.451. The largest absolute Gasteiger partial charge is 0.379 e. The van der Waals surface area contributed by atoms with Crippen molar-refractivity contribution < 1.29 is 9.53 Å². The van der Waals surface area contributed by atoms with Gasteiger partial charge in [0.2, 0.25) is 6.41 Å². The number of morpholine rings is 1. The summed E-state index contributed by atoms with van der Waals surface area (Å²) in [6.07, 6.45) is 2.08. The van der Waals surface area contributed by atoms with Gasteiger partial charge in [-0.1, -0.05) is 0 Å². The number of rotatable bonds is 2. The van der Waals surface area contributed by atoms with Crippen molar-refractivity contribution in [2.75, 3.05) is 39.4 Å². The fraction of sp³-hybridized carbons (Fsp3) is 0.889. The van der Waals surface area contributed by atoms with Crippen LogP contribution in [0.4, 0.5) is 0 Å². The number of carbonyl (C=O) groups excluding carboxylic acids is 1. The van der Waals surface area contributed by atoms with E-state index < -0.39 is 0 Å². The van der Waals surface area contributed by atoms with Crippen molar-refractivity contribution in [3.63, 3.8) is 0 Å². The molecule has 2 fully saturated rings. The molecule has 2 aliphatic rings. The molecule has 0 aromatic rings. The van der Waals surface area contributed by atoms with E-state index in [4.69, 9.17) is 4.74 Å². The van der Waals surface area contributed by atoms with Crippen molar-refractivity contribution >= 4 is 6.41 Å². The van der Waals surface area contributed by atoms with Gasteiger partial charge in [0.05, 0.1) is 13.2 Å². The molecule has 0 aromatic carbocycles. The zero-order valence-corrected chi connectivity index (χ0v) is 7.82. The zero-order chi connectivity index (χ0) is 9.10. The Bertz CT molecular complexity index is 180. The highest BCUT2D eigenvalue weighted by Crippen LogP contribution is 2.15. The van der Waals surface area contributed by atoms with Gasteiger partial charge in [0, 0.05) is 32.2 Å².